The molecule has 1 saturated carbocycles. The highest BCUT2D eigenvalue weighted by atomic mass is 32.2. The maximum atomic E-state index is 12.7. The molecule has 1 amide bonds. The summed E-state index contributed by atoms with van der Waals surface area (Å²) in [7, 11) is -3.62. The van der Waals surface area contributed by atoms with Gasteiger partial charge in [-0.1, -0.05) is 43.5 Å². The fraction of sp³-hybridized carbons (Fsp3) is 0.519. The van der Waals surface area contributed by atoms with E-state index in [0.29, 0.717) is 19.0 Å². The molecule has 1 aliphatic heterocycles. The molecule has 2 aromatic rings. The molecule has 1 N–H and O–H groups in total. The minimum absolute atomic E-state index is 0.00374. The Morgan fingerprint density at radius 1 is 0.941 bits per heavy atom. The van der Waals surface area contributed by atoms with Crippen LogP contribution in [0, 0.1) is 13.8 Å². The molecule has 2 aromatic carbocycles. The minimum atomic E-state index is -3.62. The maximum absolute atomic E-state index is 12.7. The molecular formula is C27H37N3O3S. The third-order valence-electron chi connectivity index (χ3n) is 7.45. The van der Waals surface area contributed by atoms with E-state index >= 15 is 0 Å². The fourth-order valence-corrected chi connectivity index (χ4v) is 6.20. The number of piperazine rings is 1. The molecule has 4 rings (SSSR count). The molecule has 0 bridgehead atoms. The third-order valence-corrected chi connectivity index (χ3v) is 8.92. The highest BCUT2D eigenvalue weighted by molar-refractivity contribution is 7.89. The standard InChI is InChI=1S/C27H37N3O3S/c1-21-7-6-10-26(22(21)2)29-17-19-30(20-18-29)27(31)15-16-28-34(32,33)25-13-11-24(12-14-25)23-8-4-3-5-9-23/h6-7,10-14,23,28H,3-5,8-9,15-20H2,1-2H3. The van der Waals surface area contributed by atoms with Crippen molar-refractivity contribution in [3.63, 3.8) is 0 Å². The molecule has 0 radical (unpaired) electrons. The second kappa shape index (κ2) is 10.9. The van der Waals surface area contributed by atoms with Gasteiger partial charge < -0.3 is 9.80 Å². The Labute approximate surface area is 204 Å². The van der Waals surface area contributed by atoms with E-state index in [2.05, 4.69) is 41.7 Å². The molecule has 0 unspecified atom stereocenters. The van der Waals surface area contributed by atoms with Gasteiger partial charge in [-0.25, -0.2) is 13.1 Å². The second-order valence-electron chi connectivity index (χ2n) is 9.64. The van der Waals surface area contributed by atoms with Crippen molar-refractivity contribution < 1.29 is 13.2 Å². The van der Waals surface area contributed by atoms with E-state index in [1.165, 1.54) is 54.5 Å². The van der Waals surface area contributed by atoms with Crippen LogP contribution in [0.25, 0.3) is 0 Å². The van der Waals surface area contributed by atoms with Crippen molar-refractivity contribution in [1.29, 1.82) is 0 Å². The van der Waals surface area contributed by atoms with Crippen LogP contribution in [0.15, 0.2) is 47.4 Å². The Morgan fingerprint density at radius 2 is 1.62 bits per heavy atom. The summed E-state index contributed by atoms with van der Waals surface area (Å²) in [5.74, 6) is 0.544. The Kier molecular flexibility index (Phi) is 7.94. The lowest BCUT2D eigenvalue weighted by Crippen LogP contribution is -2.49. The van der Waals surface area contributed by atoms with Crippen molar-refractivity contribution in [2.75, 3.05) is 37.6 Å². The molecule has 1 saturated heterocycles. The summed E-state index contributed by atoms with van der Waals surface area (Å²) in [5.41, 5.74) is 5.01. The van der Waals surface area contributed by atoms with Crippen LogP contribution in [0.4, 0.5) is 5.69 Å². The summed E-state index contributed by atoms with van der Waals surface area (Å²) in [6.45, 7) is 7.25. The quantitative estimate of drug-likeness (QED) is 0.635. The van der Waals surface area contributed by atoms with Gasteiger partial charge in [0.15, 0.2) is 0 Å². The lowest BCUT2D eigenvalue weighted by molar-refractivity contribution is -0.131. The molecule has 6 nitrogen and oxygen atoms in total. The lowest BCUT2D eigenvalue weighted by Gasteiger charge is -2.37. The van der Waals surface area contributed by atoms with Crippen LogP contribution in [0.3, 0.4) is 0 Å². The van der Waals surface area contributed by atoms with Crippen LogP contribution in [-0.4, -0.2) is 51.9 Å². The number of carbonyl (C=O) groups is 1. The van der Waals surface area contributed by atoms with Crippen molar-refractivity contribution in [2.24, 2.45) is 0 Å². The van der Waals surface area contributed by atoms with Gasteiger partial charge in [-0.2, -0.15) is 0 Å². The fourth-order valence-electron chi connectivity index (χ4n) is 5.16. The van der Waals surface area contributed by atoms with E-state index < -0.39 is 10.0 Å². The number of hydrogen-bond donors (Lipinski definition) is 1. The average molecular weight is 484 g/mol. The molecule has 184 valence electrons. The Balaban J connectivity index is 1.24. The predicted molar refractivity (Wildman–Crippen MR) is 137 cm³/mol. The highest BCUT2D eigenvalue weighted by Crippen LogP contribution is 2.33. The second-order valence-corrected chi connectivity index (χ2v) is 11.4. The van der Waals surface area contributed by atoms with Crippen LogP contribution in [-0.2, 0) is 14.8 Å². The SMILES string of the molecule is Cc1cccc(N2CCN(C(=O)CCNS(=O)(=O)c3ccc(C4CCCCC4)cc3)CC2)c1C. The number of benzene rings is 2. The van der Waals surface area contributed by atoms with Gasteiger partial charge in [-0.3, -0.25) is 4.79 Å². The topological polar surface area (TPSA) is 69.7 Å². The zero-order valence-electron chi connectivity index (χ0n) is 20.4. The molecule has 0 aromatic heterocycles. The van der Waals surface area contributed by atoms with Gasteiger partial charge in [0.25, 0.3) is 0 Å². The number of nitrogens with zero attached hydrogens (tertiary/aromatic N) is 2. The zero-order valence-corrected chi connectivity index (χ0v) is 21.2. The Bertz CT molecular complexity index is 1080. The third kappa shape index (κ3) is 5.81. The summed E-state index contributed by atoms with van der Waals surface area (Å²) in [6.07, 6.45) is 6.34. The van der Waals surface area contributed by atoms with Gasteiger partial charge in [0, 0.05) is 44.8 Å². The molecule has 2 fully saturated rings. The highest BCUT2D eigenvalue weighted by Gasteiger charge is 2.23. The Hall–Kier alpha value is -2.38. The van der Waals surface area contributed by atoms with Gasteiger partial charge in [0.1, 0.15) is 0 Å². The molecule has 7 heteroatoms. The van der Waals surface area contributed by atoms with Gasteiger partial charge in [0.2, 0.25) is 15.9 Å². The van der Waals surface area contributed by atoms with Crippen molar-refractivity contribution in [3.05, 3.63) is 59.2 Å². The summed E-state index contributed by atoms with van der Waals surface area (Å²) in [4.78, 5) is 17.1. The molecule has 0 spiro atoms. The molecule has 0 atom stereocenters. The summed E-state index contributed by atoms with van der Waals surface area (Å²) < 4.78 is 28.0. The number of sulfonamides is 1. The van der Waals surface area contributed by atoms with Crippen molar-refractivity contribution in [3.8, 4) is 0 Å². The first-order valence-corrected chi connectivity index (χ1v) is 14.0. The van der Waals surface area contributed by atoms with Crippen LogP contribution in [0.1, 0.15) is 61.1 Å². The van der Waals surface area contributed by atoms with E-state index in [-0.39, 0.29) is 23.8 Å². The van der Waals surface area contributed by atoms with E-state index in [1.807, 2.05) is 17.0 Å². The first-order valence-electron chi connectivity index (χ1n) is 12.5. The van der Waals surface area contributed by atoms with E-state index in [1.54, 1.807) is 12.1 Å². The Morgan fingerprint density at radius 3 is 2.29 bits per heavy atom. The predicted octanol–water partition coefficient (Wildman–Crippen LogP) is 4.37. The number of anilines is 1. The number of rotatable bonds is 7. The normalized spacial score (nSPS) is 17.7. The number of nitrogens with one attached hydrogen (secondary N) is 1. The largest absolute Gasteiger partial charge is 0.368 e. The van der Waals surface area contributed by atoms with Crippen LogP contribution < -0.4 is 9.62 Å². The molecule has 2 aliphatic rings. The van der Waals surface area contributed by atoms with Crippen molar-refractivity contribution in [2.45, 2.75) is 63.2 Å². The van der Waals surface area contributed by atoms with Crippen molar-refractivity contribution in [1.82, 2.24) is 9.62 Å². The molecule has 1 heterocycles. The van der Waals surface area contributed by atoms with E-state index in [9.17, 15) is 13.2 Å². The summed E-state index contributed by atoms with van der Waals surface area (Å²) >= 11 is 0. The number of aryl methyl sites for hydroxylation is 1. The van der Waals surface area contributed by atoms with Gasteiger partial charge in [-0.05, 0) is 67.5 Å². The maximum Gasteiger partial charge on any atom is 0.240 e. The average Bonchev–Trinajstić information content (AvgIpc) is 2.86. The number of hydrogen-bond acceptors (Lipinski definition) is 4. The van der Waals surface area contributed by atoms with E-state index in [4.69, 9.17) is 0 Å². The van der Waals surface area contributed by atoms with Gasteiger partial charge >= 0.3 is 0 Å². The first-order chi connectivity index (χ1) is 16.3. The molecule has 1 aliphatic carbocycles. The van der Waals surface area contributed by atoms with Gasteiger partial charge in [0.05, 0.1) is 4.90 Å². The zero-order chi connectivity index (χ0) is 24.1. The lowest BCUT2D eigenvalue weighted by atomic mass is 9.84. The monoisotopic (exact) mass is 483 g/mol. The first kappa shape index (κ1) is 24.7. The number of carbonyl (C=O) groups excluding carboxylic acids is 1. The van der Waals surface area contributed by atoms with Crippen LogP contribution >= 0.6 is 0 Å². The van der Waals surface area contributed by atoms with Crippen LogP contribution in [0.2, 0.25) is 0 Å². The van der Waals surface area contributed by atoms with Gasteiger partial charge in [-0.15, -0.1) is 0 Å². The molecule has 34 heavy (non-hydrogen) atoms. The van der Waals surface area contributed by atoms with Crippen LogP contribution in [0.5, 0.6) is 0 Å². The van der Waals surface area contributed by atoms with E-state index in [0.717, 1.165) is 13.1 Å². The van der Waals surface area contributed by atoms with Crippen molar-refractivity contribution >= 4 is 21.6 Å². The number of amides is 1. The summed E-state index contributed by atoms with van der Waals surface area (Å²) in [6, 6.07) is 13.6. The molecular weight excluding hydrogens is 446 g/mol. The smallest absolute Gasteiger partial charge is 0.240 e. The minimum Gasteiger partial charge on any atom is -0.368 e. The summed E-state index contributed by atoms with van der Waals surface area (Å²) in [5, 5.41) is 0.